The molecule has 6 heteroatoms. The van der Waals surface area contributed by atoms with E-state index < -0.39 is 0 Å². The number of carbonyl (C=O) groups excluding carboxylic acids is 1. The van der Waals surface area contributed by atoms with E-state index in [9.17, 15) is 4.79 Å². The first-order valence-corrected chi connectivity index (χ1v) is 5.00. The fraction of sp³-hybridized carbons (Fsp3) is 0.556. The van der Waals surface area contributed by atoms with E-state index in [0.29, 0.717) is 5.69 Å². The summed E-state index contributed by atoms with van der Waals surface area (Å²) in [6, 6.07) is 1.66. The average Bonchev–Trinajstić information content (AvgIpc) is 2.74. The van der Waals surface area contributed by atoms with Crippen LogP contribution in [0, 0.1) is 0 Å². The fourth-order valence-electron chi connectivity index (χ4n) is 1.51. The molecule has 0 atom stereocenters. The molecule has 1 aliphatic rings. The predicted molar refractivity (Wildman–Crippen MR) is 55.1 cm³/mol. The molecule has 82 valence electrons. The number of aromatic amines is 1. The lowest BCUT2D eigenvalue weighted by Crippen LogP contribution is -2.52. The predicted octanol–water partition coefficient (Wildman–Crippen LogP) is -0.698. The maximum absolute atomic E-state index is 11.6. The molecule has 1 aromatic heterocycles. The van der Waals surface area contributed by atoms with Crippen molar-refractivity contribution in [3.05, 3.63) is 18.0 Å². The molecule has 1 aromatic rings. The molecule has 1 fully saturated rings. The smallest absolute Gasteiger partial charge is 0.286 e. The van der Waals surface area contributed by atoms with Gasteiger partial charge in [-0.25, -0.2) is 5.01 Å². The molecule has 0 unspecified atom stereocenters. The summed E-state index contributed by atoms with van der Waals surface area (Å²) in [7, 11) is 2.08. The summed E-state index contributed by atoms with van der Waals surface area (Å²) in [4.78, 5) is 13.8. The van der Waals surface area contributed by atoms with Crippen LogP contribution in [0.15, 0.2) is 12.3 Å². The lowest BCUT2D eigenvalue weighted by Gasteiger charge is -2.32. The molecular weight excluding hydrogens is 194 g/mol. The van der Waals surface area contributed by atoms with Crippen molar-refractivity contribution in [2.24, 2.45) is 0 Å². The van der Waals surface area contributed by atoms with Crippen molar-refractivity contribution in [1.29, 1.82) is 0 Å². The van der Waals surface area contributed by atoms with E-state index in [1.165, 1.54) is 0 Å². The molecule has 0 radical (unpaired) electrons. The minimum absolute atomic E-state index is 0.152. The van der Waals surface area contributed by atoms with Crippen LogP contribution >= 0.6 is 0 Å². The molecule has 1 saturated heterocycles. The van der Waals surface area contributed by atoms with E-state index in [2.05, 4.69) is 27.6 Å². The zero-order chi connectivity index (χ0) is 10.7. The number of nitrogens with one attached hydrogen (secondary N) is 2. The Bertz CT molecular complexity index is 315. The zero-order valence-electron chi connectivity index (χ0n) is 8.73. The van der Waals surface area contributed by atoms with Gasteiger partial charge < -0.3 is 4.90 Å². The third-order valence-electron chi connectivity index (χ3n) is 2.50. The number of piperazine rings is 1. The lowest BCUT2D eigenvalue weighted by molar-refractivity contribution is 0.0657. The van der Waals surface area contributed by atoms with Crippen molar-refractivity contribution < 1.29 is 4.79 Å². The average molecular weight is 209 g/mol. The van der Waals surface area contributed by atoms with Crippen LogP contribution < -0.4 is 5.43 Å². The highest BCUT2D eigenvalue weighted by Gasteiger charge is 2.17. The van der Waals surface area contributed by atoms with Gasteiger partial charge in [-0.15, -0.1) is 0 Å². The number of likely N-dealkylation sites (N-methyl/N-ethyl adjacent to an activating group) is 1. The minimum Gasteiger partial charge on any atom is -0.304 e. The Morgan fingerprint density at radius 2 is 2.20 bits per heavy atom. The molecule has 0 saturated carbocycles. The molecule has 2 N–H and O–H groups in total. The molecule has 1 amide bonds. The highest BCUT2D eigenvalue weighted by molar-refractivity contribution is 5.91. The second kappa shape index (κ2) is 4.41. The van der Waals surface area contributed by atoms with E-state index in [1.54, 1.807) is 12.3 Å². The molecule has 0 bridgehead atoms. The Labute approximate surface area is 88.2 Å². The first-order valence-electron chi connectivity index (χ1n) is 5.00. The molecule has 15 heavy (non-hydrogen) atoms. The van der Waals surface area contributed by atoms with Crippen molar-refractivity contribution in [1.82, 2.24) is 25.5 Å². The van der Waals surface area contributed by atoms with Crippen molar-refractivity contribution in [3.63, 3.8) is 0 Å². The SMILES string of the molecule is CN1CCN(NC(=O)c2cc[nH]n2)CC1. The Hall–Kier alpha value is -1.40. The summed E-state index contributed by atoms with van der Waals surface area (Å²) in [5.41, 5.74) is 3.25. The van der Waals surface area contributed by atoms with Crippen LogP contribution in [0.3, 0.4) is 0 Å². The number of hydrazine groups is 1. The number of aromatic nitrogens is 2. The molecule has 2 rings (SSSR count). The quantitative estimate of drug-likeness (QED) is 0.676. The minimum atomic E-state index is -0.152. The second-order valence-electron chi connectivity index (χ2n) is 3.69. The van der Waals surface area contributed by atoms with Gasteiger partial charge in [0.05, 0.1) is 0 Å². The number of amides is 1. The van der Waals surface area contributed by atoms with Gasteiger partial charge in [-0.1, -0.05) is 0 Å². The van der Waals surface area contributed by atoms with Crippen molar-refractivity contribution in [3.8, 4) is 0 Å². The van der Waals surface area contributed by atoms with E-state index in [4.69, 9.17) is 0 Å². The molecule has 0 aromatic carbocycles. The molecule has 0 aliphatic carbocycles. The number of hydrogen-bond acceptors (Lipinski definition) is 4. The Morgan fingerprint density at radius 3 is 2.80 bits per heavy atom. The summed E-state index contributed by atoms with van der Waals surface area (Å²) in [5, 5.41) is 8.37. The van der Waals surface area contributed by atoms with Gasteiger partial charge in [0.25, 0.3) is 5.91 Å². The van der Waals surface area contributed by atoms with Gasteiger partial charge in [0.15, 0.2) is 5.69 Å². The van der Waals surface area contributed by atoms with Crippen LogP contribution in [0.25, 0.3) is 0 Å². The van der Waals surface area contributed by atoms with Gasteiger partial charge in [0.2, 0.25) is 0 Å². The highest BCUT2D eigenvalue weighted by Crippen LogP contribution is 1.97. The molecule has 0 spiro atoms. The van der Waals surface area contributed by atoms with Crippen LogP contribution in [-0.2, 0) is 0 Å². The standard InChI is InChI=1S/C9H15N5O/c1-13-4-6-14(7-5-13)12-9(15)8-2-3-10-11-8/h2-3H,4-7H2,1H3,(H,10,11)(H,12,15). The van der Waals surface area contributed by atoms with Gasteiger partial charge >= 0.3 is 0 Å². The lowest BCUT2D eigenvalue weighted by atomic mass is 10.4. The topological polar surface area (TPSA) is 64.3 Å². The van der Waals surface area contributed by atoms with Crippen LogP contribution in [-0.4, -0.2) is 59.2 Å². The summed E-state index contributed by atoms with van der Waals surface area (Å²) in [5.74, 6) is -0.152. The van der Waals surface area contributed by atoms with Gasteiger partial charge in [0.1, 0.15) is 0 Å². The van der Waals surface area contributed by atoms with E-state index in [1.807, 2.05) is 5.01 Å². The van der Waals surface area contributed by atoms with E-state index in [-0.39, 0.29) is 5.91 Å². The Kier molecular flexibility index (Phi) is 2.98. The first-order chi connectivity index (χ1) is 7.25. The summed E-state index contributed by atoms with van der Waals surface area (Å²) >= 11 is 0. The van der Waals surface area contributed by atoms with Gasteiger partial charge in [-0.3, -0.25) is 15.3 Å². The van der Waals surface area contributed by atoms with E-state index >= 15 is 0 Å². The van der Waals surface area contributed by atoms with Crippen LogP contribution in [0.5, 0.6) is 0 Å². The highest BCUT2D eigenvalue weighted by atomic mass is 16.2. The third kappa shape index (κ3) is 2.54. The van der Waals surface area contributed by atoms with Crippen LogP contribution in [0.4, 0.5) is 0 Å². The maximum Gasteiger partial charge on any atom is 0.286 e. The molecular formula is C9H15N5O. The summed E-state index contributed by atoms with van der Waals surface area (Å²) < 4.78 is 0. The summed E-state index contributed by atoms with van der Waals surface area (Å²) in [6.07, 6.45) is 1.64. The Morgan fingerprint density at radius 1 is 1.47 bits per heavy atom. The summed E-state index contributed by atoms with van der Waals surface area (Å²) in [6.45, 7) is 3.65. The van der Waals surface area contributed by atoms with Crippen molar-refractivity contribution in [2.75, 3.05) is 33.2 Å². The number of hydrogen-bond donors (Lipinski definition) is 2. The van der Waals surface area contributed by atoms with Gasteiger partial charge in [0, 0.05) is 32.4 Å². The number of rotatable bonds is 2. The van der Waals surface area contributed by atoms with Crippen molar-refractivity contribution >= 4 is 5.91 Å². The fourth-order valence-corrected chi connectivity index (χ4v) is 1.51. The molecule has 6 nitrogen and oxygen atoms in total. The van der Waals surface area contributed by atoms with Crippen LogP contribution in [0.1, 0.15) is 10.5 Å². The van der Waals surface area contributed by atoms with Gasteiger partial charge in [-0.05, 0) is 13.1 Å². The third-order valence-corrected chi connectivity index (χ3v) is 2.50. The monoisotopic (exact) mass is 209 g/mol. The largest absolute Gasteiger partial charge is 0.304 e. The number of H-pyrrole nitrogens is 1. The molecule has 2 heterocycles. The van der Waals surface area contributed by atoms with Crippen molar-refractivity contribution in [2.45, 2.75) is 0 Å². The first kappa shape index (κ1) is 10.1. The van der Waals surface area contributed by atoms with Gasteiger partial charge in [-0.2, -0.15) is 5.10 Å². The number of nitrogens with zero attached hydrogens (tertiary/aromatic N) is 3. The maximum atomic E-state index is 11.6. The van der Waals surface area contributed by atoms with E-state index in [0.717, 1.165) is 26.2 Å². The normalized spacial score (nSPS) is 19.0. The second-order valence-corrected chi connectivity index (χ2v) is 3.69. The molecule has 1 aliphatic heterocycles. The van der Waals surface area contributed by atoms with Crippen LogP contribution in [0.2, 0.25) is 0 Å². The number of carbonyl (C=O) groups is 1. The zero-order valence-corrected chi connectivity index (χ0v) is 8.73. The Balaban J connectivity index is 1.85.